The maximum atomic E-state index is 6.17. The molecule has 164 valence electrons. The molecule has 1 aliphatic carbocycles. The highest BCUT2D eigenvalue weighted by Crippen LogP contribution is 2.49. The second kappa shape index (κ2) is 8.62. The molecule has 5 nitrogen and oxygen atoms in total. The third-order valence-corrected chi connectivity index (χ3v) is 7.15. The maximum Gasteiger partial charge on any atom is 0.163 e. The number of aromatic nitrogens is 1. The van der Waals surface area contributed by atoms with Crippen molar-refractivity contribution in [3.05, 3.63) is 23.4 Å². The van der Waals surface area contributed by atoms with Crippen molar-refractivity contribution < 1.29 is 9.47 Å². The summed E-state index contributed by atoms with van der Waals surface area (Å²) in [7, 11) is 1.72. The molecule has 1 N–H and O–H groups in total. The normalized spacial score (nSPS) is 20.5. The first kappa shape index (κ1) is 21.2. The Balaban J connectivity index is 1.64. The minimum Gasteiger partial charge on any atom is -0.493 e. The summed E-state index contributed by atoms with van der Waals surface area (Å²) in [6, 6.07) is 4.18. The summed E-state index contributed by atoms with van der Waals surface area (Å²) >= 11 is 0. The van der Waals surface area contributed by atoms with Gasteiger partial charge in [-0.25, -0.2) is 0 Å². The largest absolute Gasteiger partial charge is 0.493 e. The third kappa shape index (κ3) is 3.84. The monoisotopic (exact) mass is 411 g/mol. The molecule has 1 atom stereocenters. The van der Waals surface area contributed by atoms with Gasteiger partial charge in [0.2, 0.25) is 0 Å². The van der Waals surface area contributed by atoms with Gasteiger partial charge in [-0.2, -0.15) is 0 Å². The summed E-state index contributed by atoms with van der Waals surface area (Å²) < 4.78 is 11.9. The van der Waals surface area contributed by atoms with Gasteiger partial charge in [0.1, 0.15) is 0 Å². The van der Waals surface area contributed by atoms with Gasteiger partial charge >= 0.3 is 0 Å². The van der Waals surface area contributed by atoms with E-state index in [1.807, 2.05) is 0 Å². The zero-order valence-corrected chi connectivity index (χ0v) is 19.3. The summed E-state index contributed by atoms with van der Waals surface area (Å²) in [4.78, 5) is 7.61. The van der Waals surface area contributed by atoms with Crippen LogP contribution in [0.3, 0.4) is 0 Å². The molecule has 0 amide bonds. The molecule has 1 aromatic carbocycles. The standard InChI is InChI=1S/C25H37N3O2/c1-6-26-24-18-15-21(29-5)22(30-13-9-12-28-10-7-8-11-28)16-19(18)27-20-14-17(2)25(3,4)23(20)24/h15-17H,6-14H2,1-5H3,(H,26,27). The van der Waals surface area contributed by atoms with Gasteiger partial charge in [-0.15, -0.1) is 0 Å². The molecule has 0 radical (unpaired) electrons. The minimum absolute atomic E-state index is 0.103. The minimum atomic E-state index is 0.103. The van der Waals surface area contributed by atoms with Crippen LogP contribution in [0.15, 0.2) is 12.1 Å². The smallest absolute Gasteiger partial charge is 0.163 e. The van der Waals surface area contributed by atoms with Crippen LogP contribution in [0.1, 0.15) is 58.2 Å². The maximum absolute atomic E-state index is 6.17. The van der Waals surface area contributed by atoms with Gasteiger partial charge in [-0.1, -0.05) is 20.8 Å². The lowest BCUT2D eigenvalue weighted by Gasteiger charge is -2.28. The summed E-state index contributed by atoms with van der Waals surface area (Å²) in [5.41, 5.74) is 4.90. The van der Waals surface area contributed by atoms with Crippen LogP contribution in [0.2, 0.25) is 0 Å². The molecule has 0 spiro atoms. The van der Waals surface area contributed by atoms with E-state index in [1.54, 1.807) is 7.11 Å². The fourth-order valence-corrected chi connectivity index (χ4v) is 5.06. The average Bonchev–Trinajstić information content (AvgIpc) is 3.31. The van der Waals surface area contributed by atoms with Crippen molar-refractivity contribution >= 4 is 16.6 Å². The SMILES string of the molecule is CCNc1c2c(nc3cc(OCCCN4CCCC4)c(OC)cc13)CC(C)C2(C)C. The third-order valence-electron chi connectivity index (χ3n) is 7.15. The topological polar surface area (TPSA) is 46.6 Å². The van der Waals surface area contributed by atoms with Crippen molar-refractivity contribution in [2.45, 2.75) is 58.8 Å². The van der Waals surface area contributed by atoms with Gasteiger partial charge in [0.25, 0.3) is 0 Å². The highest BCUT2D eigenvalue weighted by molar-refractivity contribution is 5.96. The number of pyridine rings is 1. The van der Waals surface area contributed by atoms with Crippen LogP contribution in [0.5, 0.6) is 11.5 Å². The summed E-state index contributed by atoms with van der Waals surface area (Å²) in [5, 5.41) is 4.76. The molecule has 0 saturated carbocycles. The van der Waals surface area contributed by atoms with Gasteiger partial charge in [0.05, 0.1) is 19.2 Å². The molecule has 1 fully saturated rings. The lowest BCUT2D eigenvalue weighted by atomic mass is 9.78. The second-order valence-corrected chi connectivity index (χ2v) is 9.44. The van der Waals surface area contributed by atoms with Crippen molar-refractivity contribution in [1.29, 1.82) is 0 Å². The molecule has 1 aliphatic heterocycles. The molecular formula is C25H37N3O2. The summed E-state index contributed by atoms with van der Waals surface area (Å²) in [6.07, 6.45) is 4.72. The first-order valence-electron chi connectivity index (χ1n) is 11.6. The van der Waals surface area contributed by atoms with Crippen LogP contribution in [-0.4, -0.2) is 49.8 Å². The first-order chi connectivity index (χ1) is 14.5. The van der Waals surface area contributed by atoms with Crippen molar-refractivity contribution in [2.75, 3.05) is 45.2 Å². The van der Waals surface area contributed by atoms with E-state index in [0.717, 1.165) is 48.3 Å². The van der Waals surface area contributed by atoms with E-state index in [0.29, 0.717) is 12.5 Å². The summed E-state index contributed by atoms with van der Waals surface area (Å²) in [6.45, 7) is 14.3. The fourth-order valence-electron chi connectivity index (χ4n) is 5.06. The van der Waals surface area contributed by atoms with E-state index < -0.39 is 0 Å². The number of anilines is 1. The number of fused-ring (bicyclic) bond motifs is 2. The lowest BCUT2D eigenvalue weighted by molar-refractivity contribution is 0.254. The molecule has 2 aromatic rings. The Kier molecular flexibility index (Phi) is 6.10. The van der Waals surface area contributed by atoms with Crippen molar-refractivity contribution in [3.8, 4) is 11.5 Å². The lowest BCUT2D eigenvalue weighted by Crippen LogP contribution is -2.23. The molecule has 1 aromatic heterocycles. The van der Waals surface area contributed by atoms with Crippen LogP contribution in [-0.2, 0) is 11.8 Å². The zero-order valence-electron chi connectivity index (χ0n) is 19.3. The molecule has 4 rings (SSSR count). The van der Waals surface area contributed by atoms with Crippen LogP contribution in [0.25, 0.3) is 10.9 Å². The Morgan fingerprint density at radius 3 is 2.67 bits per heavy atom. The molecule has 1 saturated heterocycles. The fraction of sp³-hybridized carbons (Fsp3) is 0.640. The van der Waals surface area contributed by atoms with Crippen LogP contribution >= 0.6 is 0 Å². The van der Waals surface area contributed by atoms with E-state index in [-0.39, 0.29) is 5.41 Å². The number of hydrogen-bond donors (Lipinski definition) is 1. The number of nitrogens with one attached hydrogen (secondary N) is 1. The predicted octanol–water partition coefficient (Wildman–Crippen LogP) is 5.01. The van der Waals surface area contributed by atoms with Crippen LogP contribution < -0.4 is 14.8 Å². The Hall–Kier alpha value is -2.01. The van der Waals surface area contributed by atoms with E-state index >= 15 is 0 Å². The van der Waals surface area contributed by atoms with E-state index in [2.05, 4.69) is 50.0 Å². The predicted molar refractivity (Wildman–Crippen MR) is 124 cm³/mol. The Bertz CT molecular complexity index is 903. The number of ether oxygens (including phenoxy) is 2. The second-order valence-electron chi connectivity index (χ2n) is 9.44. The molecule has 2 aliphatic rings. The average molecular weight is 412 g/mol. The Morgan fingerprint density at radius 2 is 1.97 bits per heavy atom. The van der Waals surface area contributed by atoms with Crippen molar-refractivity contribution in [3.63, 3.8) is 0 Å². The molecule has 0 bridgehead atoms. The van der Waals surface area contributed by atoms with Crippen molar-refractivity contribution in [1.82, 2.24) is 9.88 Å². The van der Waals surface area contributed by atoms with Gasteiger partial charge in [0.15, 0.2) is 11.5 Å². The highest BCUT2D eigenvalue weighted by Gasteiger charge is 2.40. The number of methoxy groups -OCH3 is 1. The Labute approximate surface area is 181 Å². The molecule has 5 heteroatoms. The molecular weight excluding hydrogens is 374 g/mol. The number of likely N-dealkylation sites (tertiary alicyclic amines) is 1. The molecule has 1 unspecified atom stereocenters. The number of hydrogen-bond acceptors (Lipinski definition) is 5. The first-order valence-corrected chi connectivity index (χ1v) is 11.6. The van der Waals surface area contributed by atoms with Crippen molar-refractivity contribution in [2.24, 2.45) is 5.92 Å². The quantitative estimate of drug-likeness (QED) is 0.619. The van der Waals surface area contributed by atoms with Crippen LogP contribution in [0, 0.1) is 5.92 Å². The Morgan fingerprint density at radius 1 is 1.20 bits per heavy atom. The van der Waals surface area contributed by atoms with Gasteiger partial charge in [0, 0.05) is 41.5 Å². The van der Waals surface area contributed by atoms with Gasteiger partial charge < -0.3 is 19.7 Å². The number of benzene rings is 1. The van der Waals surface area contributed by atoms with E-state index in [4.69, 9.17) is 14.5 Å². The highest BCUT2D eigenvalue weighted by atomic mass is 16.5. The molecule has 2 heterocycles. The van der Waals surface area contributed by atoms with Gasteiger partial charge in [-0.05, 0) is 63.1 Å². The van der Waals surface area contributed by atoms with Crippen LogP contribution in [0.4, 0.5) is 5.69 Å². The van der Waals surface area contributed by atoms with E-state index in [1.165, 1.54) is 42.9 Å². The zero-order chi connectivity index (χ0) is 21.3. The molecule has 30 heavy (non-hydrogen) atoms. The van der Waals surface area contributed by atoms with Gasteiger partial charge in [-0.3, -0.25) is 4.98 Å². The number of rotatable bonds is 8. The summed E-state index contributed by atoms with van der Waals surface area (Å²) in [5.74, 6) is 2.15. The van der Waals surface area contributed by atoms with E-state index in [9.17, 15) is 0 Å². The number of nitrogens with zero attached hydrogens (tertiary/aromatic N) is 2.